The van der Waals surface area contributed by atoms with Crippen molar-refractivity contribution in [3.63, 3.8) is 0 Å². The molecule has 1 aliphatic rings. The average molecular weight is 178 g/mol. The number of nitrogens with two attached hydrogens (primary N) is 1. The van der Waals surface area contributed by atoms with Gasteiger partial charge in [-0.2, -0.15) is 0 Å². The van der Waals surface area contributed by atoms with E-state index in [-0.39, 0.29) is 0 Å². The molecule has 3 N–H and O–H groups in total. The first-order valence-corrected chi connectivity index (χ1v) is 4.58. The summed E-state index contributed by atoms with van der Waals surface area (Å²) in [6, 6.07) is 6.24. The van der Waals surface area contributed by atoms with Crippen LogP contribution in [0.15, 0.2) is 18.2 Å². The Hall–Kier alpha value is -1.06. The molecule has 0 radical (unpaired) electrons. The van der Waals surface area contributed by atoms with Gasteiger partial charge in [-0.1, -0.05) is 12.1 Å². The van der Waals surface area contributed by atoms with E-state index >= 15 is 0 Å². The minimum atomic E-state index is 0.716. The topological polar surface area (TPSA) is 47.3 Å². The lowest BCUT2D eigenvalue weighted by atomic mass is 10.0. The van der Waals surface area contributed by atoms with E-state index in [2.05, 4.69) is 11.5 Å². The van der Waals surface area contributed by atoms with Gasteiger partial charge in [-0.15, -0.1) is 0 Å². The van der Waals surface area contributed by atoms with E-state index in [0.29, 0.717) is 6.54 Å². The fraction of sp³-hybridized carbons (Fsp3) is 0.400. The molecule has 1 heterocycles. The molecule has 2 rings (SSSR count). The molecule has 0 fully saturated rings. The van der Waals surface area contributed by atoms with Gasteiger partial charge in [0.1, 0.15) is 5.75 Å². The molecule has 0 bridgehead atoms. The second-order valence-electron chi connectivity index (χ2n) is 3.27. The van der Waals surface area contributed by atoms with Crippen LogP contribution in [0.25, 0.3) is 0 Å². The van der Waals surface area contributed by atoms with Crippen molar-refractivity contribution in [1.82, 2.24) is 5.43 Å². The number of rotatable bonds is 2. The smallest absolute Gasteiger partial charge is 0.122 e. The van der Waals surface area contributed by atoms with Gasteiger partial charge in [0.25, 0.3) is 0 Å². The molecule has 0 unspecified atom stereocenters. The maximum absolute atomic E-state index is 5.50. The van der Waals surface area contributed by atoms with Crippen LogP contribution in [0.4, 0.5) is 0 Å². The predicted molar refractivity (Wildman–Crippen MR) is 51.3 cm³/mol. The van der Waals surface area contributed by atoms with Gasteiger partial charge in [0.2, 0.25) is 0 Å². The van der Waals surface area contributed by atoms with E-state index in [4.69, 9.17) is 10.6 Å². The largest absolute Gasteiger partial charge is 0.493 e. The summed E-state index contributed by atoms with van der Waals surface area (Å²) in [5, 5.41) is 0. The zero-order chi connectivity index (χ0) is 9.10. The Morgan fingerprint density at radius 2 is 2.38 bits per heavy atom. The van der Waals surface area contributed by atoms with Gasteiger partial charge < -0.3 is 4.74 Å². The molecule has 0 saturated carbocycles. The first kappa shape index (κ1) is 8.53. The highest BCUT2D eigenvalue weighted by atomic mass is 16.5. The molecular weight excluding hydrogens is 164 g/mol. The molecular formula is C10H14N2O. The molecule has 1 aliphatic heterocycles. The molecule has 1 aromatic rings. The standard InChI is InChI=1S/C10H14N2O/c11-12-7-8-3-4-10-9(6-8)2-1-5-13-10/h3-4,6,12H,1-2,5,7,11H2. The summed E-state index contributed by atoms with van der Waals surface area (Å²) in [5.41, 5.74) is 5.17. The second kappa shape index (κ2) is 3.77. The summed E-state index contributed by atoms with van der Waals surface area (Å²) in [7, 11) is 0. The zero-order valence-electron chi connectivity index (χ0n) is 7.55. The highest BCUT2D eigenvalue weighted by Gasteiger charge is 2.09. The molecule has 0 amide bonds. The lowest BCUT2D eigenvalue weighted by Gasteiger charge is -2.17. The van der Waals surface area contributed by atoms with Crippen molar-refractivity contribution in [3.8, 4) is 5.75 Å². The molecule has 3 heteroatoms. The fourth-order valence-electron chi connectivity index (χ4n) is 1.64. The zero-order valence-corrected chi connectivity index (χ0v) is 7.55. The van der Waals surface area contributed by atoms with Crippen LogP contribution in [0.1, 0.15) is 17.5 Å². The predicted octanol–water partition coefficient (Wildman–Crippen LogP) is 0.975. The number of fused-ring (bicyclic) bond motifs is 1. The fourth-order valence-corrected chi connectivity index (χ4v) is 1.64. The van der Waals surface area contributed by atoms with Gasteiger partial charge >= 0.3 is 0 Å². The molecule has 0 saturated heterocycles. The molecule has 0 aliphatic carbocycles. The third-order valence-corrected chi connectivity index (χ3v) is 2.28. The summed E-state index contributed by atoms with van der Waals surface area (Å²) >= 11 is 0. The molecule has 1 aromatic carbocycles. The summed E-state index contributed by atoms with van der Waals surface area (Å²) < 4.78 is 5.50. The number of nitrogens with one attached hydrogen (secondary N) is 1. The van der Waals surface area contributed by atoms with Crippen LogP contribution >= 0.6 is 0 Å². The van der Waals surface area contributed by atoms with Crippen LogP contribution in [0, 0.1) is 0 Å². The number of ether oxygens (including phenoxy) is 1. The van der Waals surface area contributed by atoms with Gasteiger partial charge in [0, 0.05) is 6.54 Å². The Balaban J connectivity index is 2.24. The quantitative estimate of drug-likeness (QED) is 0.524. The van der Waals surface area contributed by atoms with Gasteiger partial charge in [-0.25, -0.2) is 0 Å². The Bertz CT molecular complexity index is 299. The summed E-state index contributed by atoms with van der Waals surface area (Å²) in [6.07, 6.45) is 2.24. The van der Waals surface area contributed by atoms with Crippen molar-refractivity contribution in [2.75, 3.05) is 6.61 Å². The van der Waals surface area contributed by atoms with Crippen LogP contribution in [0.5, 0.6) is 5.75 Å². The van der Waals surface area contributed by atoms with Gasteiger partial charge in [-0.3, -0.25) is 11.3 Å². The van der Waals surface area contributed by atoms with E-state index < -0.39 is 0 Å². The first-order chi connectivity index (χ1) is 6.40. The number of benzene rings is 1. The summed E-state index contributed by atoms with van der Waals surface area (Å²) in [4.78, 5) is 0. The van der Waals surface area contributed by atoms with Crippen molar-refractivity contribution < 1.29 is 4.74 Å². The second-order valence-corrected chi connectivity index (χ2v) is 3.27. The molecule has 13 heavy (non-hydrogen) atoms. The van der Waals surface area contributed by atoms with Crippen molar-refractivity contribution >= 4 is 0 Å². The van der Waals surface area contributed by atoms with E-state index in [9.17, 15) is 0 Å². The van der Waals surface area contributed by atoms with Crippen LogP contribution in [-0.2, 0) is 13.0 Å². The highest BCUT2D eigenvalue weighted by Crippen LogP contribution is 2.25. The summed E-state index contributed by atoms with van der Waals surface area (Å²) in [6.45, 7) is 1.56. The molecule has 0 atom stereocenters. The minimum Gasteiger partial charge on any atom is -0.493 e. The SMILES string of the molecule is NNCc1ccc2c(c1)CCCO2. The average Bonchev–Trinajstić information content (AvgIpc) is 2.18. The molecule has 70 valence electrons. The lowest BCUT2D eigenvalue weighted by Crippen LogP contribution is -2.21. The normalized spacial score (nSPS) is 14.8. The van der Waals surface area contributed by atoms with Gasteiger partial charge in [-0.05, 0) is 30.0 Å². The van der Waals surface area contributed by atoms with Crippen molar-refractivity contribution in [1.29, 1.82) is 0 Å². The molecule has 3 nitrogen and oxygen atoms in total. The van der Waals surface area contributed by atoms with Gasteiger partial charge in [0.15, 0.2) is 0 Å². The van der Waals surface area contributed by atoms with E-state index in [1.54, 1.807) is 0 Å². The van der Waals surface area contributed by atoms with Crippen LogP contribution in [0.2, 0.25) is 0 Å². The van der Waals surface area contributed by atoms with Crippen molar-refractivity contribution in [3.05, 3.63) is 29.3 Å². The number of hydrogen-bond donors (Lipinski definition) is 2. The monoisotopic (exact) mass is 178 g/mol. The van der Waals surface area contributed by atoms with Crippen molar-refractivity contribution in [2.24, 2.45) is 5.84 Å². The van der Waals surface area contributed by atoms with E-state index in [1.807, 2.05) is 12.1 Å². The van der Waals surface area contributed by atoms with Crippen molar-refractivity contribution in [2.45, 2.75) is 19.4 Å². The van der Waals surface area contributed by atoms with Crippen LogP contribution in [-0.4, -0.2) is 6.61 Å². The van der Waals surface area contributed by atoms with Crippen LogP contribution in [0.3, 0.4) is 0 Å². The lowest BCUT2D eigenvalue weighted by molar-refractivity contribution is 0.288. The minimum absolute atomic E-state index is 0.716. The van der Waals surface area contributed by atoms with Gasteiger partial charge in [0.05, 0.1) is 6.61 Å². The summed E-state index contributed by atoms with van der Waals surface area (Å²) in [5.74, 6) is 6.29. The Morgan fingerprint density at radius 3 is 3.23 bits per heavy atom. The van der Waals surface area contributed by atoms with E-state index in [0.717, 1.165) is 25.2 Å². The molecule has 0 spiro atoms. The van der Waals surface area contributed by atoms with Crippen LogP contribution < -0.4 is 16.0 Å². The maximum atomic E-state index is 5.50. The maximum Gasteiger partial charge on any atom is 0.122 e. The van der Waals surface area contributed by atoms with E-state index in [1.165, 1.54) is 11.1 Å². The Kier molecular flexibility index (Phi) is 2.47. The third-order valence-electron chi connectivity index (χ3n) is 2.28. The Morgan fingerprint density at radius 1 is 1.46 bits per heavy atom. The highest BCUT2D eigenvalue weighted by molar-refractivity contribution is 5.38. The Labute approximate surface area is 77.9 Å². The number of hydrogen-bond acceptors (Lipinski definition) is 3. The first-order valence-electron chi connectivity index (χ1n) is 4.58. The molecule has 0 aromatic heterocycles. The third kappa shape index (κ3) is 1.82. The number of hydrazine groups is 1. The number of aryl methyl sites for hydroxylation is 1.